The van der Waals surface area contributed by atoms with E-state index in [2.05, 4.69) is 13.0 Å². The van der Waals surface area contributed by atoms with Crippen molar-refractivity contribution >= 4 is 0 Å². The Bertz CT molecular complexity index is 434. The SMILES string of the molecule is CO[C@H]1C[C@]2(C#N)C(C[O-])[C@]13[C@H](OC)CCC[C@]32C. The monoisotopic (exact) mass is 264 g/mol. The van der Waals surface area contributed by atoms with E-state index in [1.165, 1.54) is 0 Å². The molecule has 0 radical (unpaired) electrons. The molecule has 6 atom stereocenters. The molecule has 4 saturated carbocycles. The summed E-state index contributed by atoms with van der Waals surface area (Å²) in [6.07, 6.45) is 3.80. The molecule has 0 aromatic rings. The van der Waals surface area contributed by atoms with Gasteiger partial charge in [-0.1, -0.05) is 13.3 Å². The first kappa shape index (κ1) is 13.4. The largest absolute Gasteiger partial charge is 0.854 e. The van der Waals surface area contributed by atoms with Gasteiger partial charge in [0.15, 0.2) is 0 Å². The van der Waals surface area contributed by atoms with E-state index in [0.29, 0.717) is 6.42 Å². The van der Waals surface area contributed by atoms with Crippen LogP contribution < -0.4 is 5.11 Å². The summed E-state index contributed by atoms with van der Waals surface area (Å²) in [4.78, 5) is 0. The average molecular weight is 264 g/mol. The Kier molecular flexibility index (Phi) is 2.77. The van der Waals surface area contributed by atoms with Gasteiger partial charge < -0.3 is 14.6 Å². The molecule has 4 aliphatic carbocycles. The van der Waals surface area contributed by atoms with Crippen molar-refractivity contribution < 1.29 is 14.6 Å². The van der Waals surface area contributed by atoms with Gasteiger partial charge in [0.1, 0.15) is 0 Å². The number of methoxy groups -OCH3 is 2. The smallest absolute Gasteiger partial charge is 0.0699 e. The first-order valence-electron chi connectivity index (χ1n) is 7.14. The molecular weight excluding hydrogens is 242 g/mol. The average Bonchev–Trinajstić information content (AvgIpc) is 2.86. The molecule has 0 aromatic heterocycles. The molecule has 0 N–H and O–H groups in total. The molecule has 1 unspecified atom stereocenters. The molecule has 0 aliphatic heterocycles. The Hall–Kier alpha value is -0.630. The zero-order valence-electron chi connectivity index (χ0n) is 11.9. The van der Waals surface area contributed by atoms with E-state index in [0.717, 1.165) is 19.3 Å². The Morgan fingerprint density at radius 3 is 2.53 bits per heavy atom. The zero-order valence-corrected chi connectivity index (χ0v) is 11.9. The van der Waals surface area contributed by atoms with Gasteiger partial charge in [0, 0.05) is 19.6 Å². The highest BCUT2D eigenvalue weighted by Gasteiger charge is 2.87. The lowest BCUT2D eigenvalue weighted by Gasteiger charge is -2.72. The van der Waals surface area contributed by atoms with Crippen molar-refractivity contribution in [2.45, 2.75) is 44.8 Å². The molecule has 4 aliphatic rings. The van der Waals surface area contributed by atoms with Crippen LogP contribution >= 0.6 is 0 Å². The van der Waals surface area contributed by atoms with Crippen molar-refractivity contribution in [3.05, 3.63) is 0 Å². The molecule has 0 aromatic carbocycles. The predicted molar refractivity (Wildman–Crippen MR) is 67.0 cm³/mol. The summed E-state index contributed by atoms with van der Waals surface area (Å²) in [5.74, 6) is -0.120. The number of ether oxygens (including phenoxy) is 2. The second kappa shape index (κ2) is 3.94. The molecule has 4 fully saturated rings. The minimum absolute atomic E-state index is 0.0126. The van der Waals surface area contributed by atoms with Crippen LogP contribution in [0.25, 0.3) is 0 Å². The van der Waals surface area contributed by atoms with E-state index in [9.17, 15) is 10.4 Å². The van der Waals surface area contributed by atoms with Gasteiger partial charge in [-0.05, 0) is 30.6 Å². The second-order valence-corrected chi connectivity index (χ2v) is 6.61. The van der Waals surface area contributed by atoms with Crippen molar-refractivity contribution in [1.82, 2.24) is 0 Å². The molecule has 106 valence electrons. The summed E-state index contributed by atoms with van der Waals surface area (Å²) < 4.78 is 11.4. The van der Waals surface area contributed by atoms with Crippen LogP contribution in [0, 0.1) is 33.5 Å². The third-order valence-corrected chi connectivity index (χ3v) is 6.76. The molecule has 0 saturated heterocycles. The Morgan fingerprint density at radius 1 is 1.32 bits per heavy atom. The van der Waals surface area contributed by atoms with E-state index in [1.54, 1.807) is 14.2 Å². The molecule has 0 heterocycles. The van der Waals surface area contributed by atoms with E-state index < -0.39 is 5.41 Å². The van der Waals surface area contributed by atoms with Crippen LogP contribution in [0.15, 0.2) is 0 Å². The molecule has 4 heteroatoms. The fraction of sp³-hybridized carbons (Fsp3) is 0.933. The number of hydrogen-bond acceptors (Lipinski definition) is 4. The van der Waals surface area contributed by atoms with E-state index >= 15 is 0 Å². The van der Waals surface area contributed by atoms with Crippen molar-refractivity contribution in [2.75, 3.05) is 20.8 Å². The molecule has 4 nitrogen and oxygen atoms in total. The summed E-state index contributed by atoms with van der Waals surface area (Å²) in [7, 11) is 3.43. The number of nitrogens with zero attached hydrogens (tertiary/aromatic N) is 1. The Morgan fingerprint density at radius 2 is 2.00 bits per heavy atom. The molecule has 2 bridgehead atoms. The lowest BCUT2D eigenvalue weighted by atomic mass is 9.32. The highest BCUT2D eigenvalue weighted by Crippen LogP contribution is 2.85. The van der Waals surface area contributed by atoms with Gasteiger partial charge in [-0.25, -0.2) is 0 Å². The number of fused-ring (bicyclic) bond motifs is 1. The van der Waals surface area contributed by atoms with Crippen LogP contribution in [0.2, 0.25) is 0 Å². The molecular formula is C15H22NO3-. The first-order chi connectivity index (χ1) is 9.09. The third-order valence-electron chi connectivity index (χ3n) is 6.76. The van der Waals surface area contributed by atoms with Gasteiger partial charge in [-0.3, -0.25) is 0 Å². The van der Waals surface area contributed by atoms with Crippen LogP contribution in [-0.2, 0) is 9.47 Å². The molecule has 19 heavy (non-hydrogen) atoms. The summed E-state index contributed by atoms with van der Waals surface area (Å²) in [6.45, 7) is 2.00. The van der Waals surface area contributed by atoms with Gasteiger partial charge in [0.2, 0.25) is 0 Å². The van der Waals surface area contributed by atoms with Crippen LogP contribution in [0.5, 0.6) is 0 Å². The maximum atomic E-state index is 11.8. The van der Waals surface area contributed by atoms with E-state index in [4.69, 9.17) is 9.47 Å². The van der Waals surface area contributed by atoms with Crippen LogP contribution in [0.4, 0.5) is 0 Å². The standard InChI is InChI=1S/C15H22NO3/c1-13-6-4-5-11(18-2)15(13)10(8-17)14(13,9-16)7-12(15)19-3/h10-12H,4-8H2,1-3H3/q-1/t10?,11-,12+,13+,14+,15+/m1/s1. The number of hydrogen-bond donors (Lipinski definition) is 0. The van der Waals surface area contributed by atoms with Crippen molar-refractivity contribution in [2.24, 2.45) is 22.2 Å². The van der Waals surface area contributed by atoms with Gasteiger partial charge in [-0.2, -0.15) is 5.26 Å². The fourth-order valence-corrected chi connectivity index (χ4v) is 6.12. The summed E-state index contributed by atoms with van der Waals surface area (Å²) in [5, 5.41) is 21.5. The highest BCUT2D eigenvalue weighted by molar-refractivity contribution is 5.39. The zero-order chi connectivity index (χ0) is 13.9. The van der Waals surface area contributed by atoms with Crippen LogP contribution in [0.1, 0.15) is 32.6 Å². The predicted octanol–water partition coefficient (Wildman–Crippen LogP) is 1.10. The minimum atomic E-state index is -0.493. The Labute approximate surface area is 114 Å². The maximum Gasteiger partial charge on any atom is 0.0699 e. The molecule has 0 amide bonds. The van der Waals surface area contributed by atoms with Crippen molar-refractivity contribution in [1.29, 1.82) is 5.26 Å². The number of nitriles is 1. The van der Waals surface area contributed by atoms with Crippen molar-refractivity contribution in [3.63, 3.8) is 0 Å². The van der Waals surface area contributed by atoms with Gasteiger partial charge in [-0.15, -0.1) is 6.61 Å². The lowest BCUT2D eigenvalue weighted by molar-refractivity contribution is -0.425. The number of rotatable bonds is 3. The maximum absolute atomic E-state index is 11.8. The van der Waals surface area contributed by atoms with Gasteiger partial charge >= 0.3 is 0 Å². The van der Waals surface area contributed by atoms with Gasteiger partial charge in [0.05, 0.1) is 23.7 Å². The van der Waals surface area contributed by atoms with E-state index in [1.807, 2.05) is 0 Å². The van der Waals surface area contributed by atoms with Crippen LogP contribution in [-0.4, -0.2) is 33.0 Å². The summed E-state index contributed by atoms with van der Waals surface area (Å²) in [5.41, 5.74) is -0.859. The van der Waals surface area contributed by atoms with Gasteiger partial charge in [0.25, 0.3) is 0 Å². The summed E-state index contributed by atoms with van der Waals surface area (Å²) >= 11 is 0. The minimum Gasteiger partial charge on any atom is -0.854 e. The fourth-order valence-electron chi connectivity index (χ4n) is 6.12. The molecule has 1 spiro atoms. The second-order valence-electron chi connectivity index (χ2n) is 6.61. The molecule has 4 rings (SSSR count). The summed E-state index contributed by atoms with van der Waals surface area (Å²) in [6, 6.07) is 2.52. The quantitative estimate of drug-likeness (QED) is 0.765. The lowest BCUT2D eigenvalue weighted by Crippen LogP contribution is -2.74. The highest BCUT2D eigenvalue weighted by atomic mass is 16.5. The van der Waals surface area contributed by atoms with Crippen LogP contribution in [0.3, 0.4) is 0 Å². The first-order valence-corrected chi connectivity index (χ1v) is 7.14. The topological polar surface area (TPSA) is 65.3 Å². The third kappa shape index (κ3) is 1.05. The normalized spacial score (nSPS) is 55.2. The van der Waals surface area contributed by atoms with E-state index in [-0.39, 0.29) is 35.6 Å². The Balaban J connectivity index is 2.16. The van der Waals surface area contributed by atoms with Crippen molar-refractivity contribution in [3.8, 4) is 6.07 Å².